The number of aryl methyl sites for hydroxylation is 1. The van der Waals surface area contributed by atoms with Gasteiger partial charge in [0.1, 0.15) is 4.90 Å². The Kier molecular flexibility index (Phi) is 4.76. The highest BCUT2D eigenvalue weighted by atomic mass is 79.9. The van der Waals surface area contributed by atoms with Crippen molar-refractivity contribution in [2.75, 3.05) is 4.72 Å². The molecule has 1 aromatic heterocycles. The highest BCUT2D eigenvalue weighted by Gasteiger charge is 2.23. The van der Waals surface area contributed by atoms with Crippen molar-refractivity contribution >= 4 is 54.6 Å². The summed E-state index contributed by atoms with van der Waals surface area (Å²) in [6.45, 7) is 1.37. The van der Waals surface area contributed by atoms with Gasteiger partial charge in [-0.15, -0.1) is 11.3 Å². The van der Waals surface area contributed by atoms with Crippen LogP contribution < -0.4 is 4.72 Å². The fourth-order valence-electron chi connectivity index (χ4n) is 1.73. The zero-order valence-corrected chi connectivity index (χ0v) is 14.3. The zero-order valence-electron chi connectivity index (χ0n) is 10.4. The topological polar surface area (TPSA) is 66.4 Å². The Hall–Kier alpha value is -0.600. The third-order valence-electron chi connectivity index (χ3n) is 2.57. The van der Waals surface area contributed by atoms with Crippen LogP contribution in [0.15, 0.2) is 32.9 Å². The van der Waals surface area contributed by atoms with Crippen LogP contribution in [0.25, 0.3) is 0 Å². The highest BCUT2D eigenvalue weighted by molar-refractivity contribution is 9.10. The second-order valence-electron chi connectivity index (χ2n) is 4.06. The van der Waals surface area contributed by atoms with Crippen LogP contribution in [0.5, 0.6) is 0 Å². The van der Waals surface area contributed by atoms with Crippen LogP contribution >= 0.6 is 38.9 Å². The molecule has 0 aliphatic rings. The van der Waals surface area contributed by atoms with Gasteiger partial charge in [-0.25, -0.2) is 8.42 Å². The van der Waals surface area contributed by atoms with Gasteiger partial charge in [0.15, 0.2) is 0 Å². The summed E-state index contributed by atoms with van der Waals surface area (Å²) in [4.78, 5) is 0.516. The summed E-state index contributed by atoms with van der Waals surface area (Å²) in [6.07, 6.45) is 0. The van der Waals surface area contributed by atoms with E-state index in [0.29, 0.717) is 19.9 Å². The molecular weight excluding hydrogens is 386 g/mol. The third kappa shape index (κ3) is 3.17. The SMILES string of the molecule is Cc1csc(CO)c1S(=O)(=O)Nc1cc(Br)ccc1Cl. The number of anilines is 1. The number of aliphatic hydroxyl groups excluding tert-OH is 1. The van der Waals surface area contributed by atoms with E-state index in [1.165, 1.54) is 11.3 Å². The Balaban J connectivity index is 2.46. The van der Waals surface area contributed by atoms with Crippen molar-refractivity contribution in [3.63, 3.8) is 0 Å². The molecule has 0 bridgehead atoms. The highest BCUT2D eigenvalue weighted by Crippen LogP contribution is 2.32. The molecule has 20 heavy (non-hydrogen) atoms. The summed E-state index contributed by atoms with van der Waals surface area (Å²) in [6, 6.07) is 4.90. The second kappa shape index (κ2) is 6.03. The summed E-state index contributed by atoms with van der Waals surface area (Å²) in [7, 11) is -3.79. The zero-order chi connectivity index (χ0) is 14.9. The molecule has 2 aromatic rings. The maximum Gasteiger partial charge on any atom is 0.263 e. The van der Waals surface area contributed by atoms with Gasteiger partial charge >= 0.3 is 0 Å². The lowest BCUT2D eigenvalue weighted by molar-refractivity contribution is 0.282. The monoisotopic (exact) mass is 395 g/mol. The van der Waals surface area contributed by atoms with Crippen molar-refractivity contribution in [2.24, 2.45) is 0 Å². The van der Waals surface area contributed by atoms with Crippen LogP contribution in [0, 0.1) is 6.92 Å². The molecule has 0 radical (unpaired) electrons. The summed E-state index contributed by atoms with van der Waals surface area (Å²) < 4.78 is 28.0. The average Bonchev–Trinajstić information content (AvgIpc) is 2.75. The molecule has 2 N–H and O–H groups in total. The lowest BCUT2D eigenvalue weighted by atomic mass is 10.3. The van der Waals surface area contributed by atoms with Crippen molar-refractivity contribution in [3.05, 3.63) is 43.5 Å². The molecule has 0 unspecified atom stereocenters. The number of benzene rings is 1. The van der Waals surface area contributed by atoms with Gasteiger partial charge in [-0.05, 0) is 36.1 Å². The molecule has 0 fully saturated rings. The minimum atomic E-state index is -3.79. The summed E-state index contributed by atoms with van der Waals surface area (Å²) in [5, 5.41) is 11.2. The Morgan fingerprint density at radius 2 is 2.15 bits per heavy atom. The predicted molar refractivity (Wildman–Crippen MR) is 84.9 cm³/mol. The molecular formula is C12H11BrClNO3S2. The predicted octanol–water partition coefficient (Wildman–Crippen LogP) is 3.77. The van der Waals surface area contributed by atoms with Crippen molar-refractivity contribution < 1.29 is 13.5 Å². The number of rotatable bonds is 4. The van der Waals surface area contributed by atoms with Crippen LogP contribution in [0.2, 0.25) is 5.02 Å². The van der Waals surface area contributed by atoms with Crippen LogP contribution in [-0.2, 0) is 16.6 Å². The molecule has 0 amide bonds. The summed E-state index contributed by atoms with van der Waals surface area (Å²) in [5.74, 6) is 0. The van der Waals surface area contributed by atoms with E-state index in [-0.39, 0.29) is 17.2 Å². The maximum atomic E-state index is 12.4. The molecule has 0 saturated carbocycles. The number of hydrogen-bond donors (Lipinski definition) is 2. The van der Waals surface area contributed by atoms with E-state index < -0.39 is 10.0 Å². The van der Waals surface area contributed by atoms with Gasteiger partial charge in [0, 0.05) is 4.47 Å². The number of sulfonamides is 1. The molecule has 8 heteroatoms. The molecule has 0 atom stereocenters. The first-order chi connectivity index (χ1) is 9.35. The number of hydrogen-bond acceptors (Lipinski definition) is 4. The first-order valence-corrected chi connectivity index (χ1v) is 9.04. The number of nitrogens with one attached hydrogen (secondary N) is 1. The van der Waals surface area contributed by atoms with Crippen molar-refractivity contribution in [1.82, 2.24) is 0 Å². The van der Waals surface area contributed by atoms with Gasteiger partial charge < -0.3 is 5.11 Å². The second-order valence-corrected chi connectivity index (χ2v) is 7.97. The van der Waals surface area contributed by atoms with E-state index in [1.807, 2.05) is 0 Å². The molecule has 0 spiro atoms. The molecule has 4 nitrogen and oxygen atoms in total. The van der Waals surface area contributed by atoms with E-state index in [9.17, 15) is 13.5 Å². The molecule has 0 aliphatic heterocycles. The van der Waals surface area contributed by atoms with E-state index in [1.54, 1.807) is 30.5 Å². The van der Waals surface area contributed by atoms with Crippen LogP contribution in [0.1, 0.15) is 10.4 Å². The molecule has 2 rings (SSSR count). The van der Waals surface area contributed by atoms with Gasteiger partial charge in [0.25, 0.3) is 10.0 Å². The third-order valence-corrected chi connectivity index (χ3v) is 6.21. The van der Waals surface area contributed by atoms with E-state index in [0.717, 1.165) is 0 Å². The van der Waals surface area contributed by atoms with Gasteiger partial charge in [-0.3, -0.25) is 4.72 Å². The number of aliphatic hydroxyl groups is 1. The van der Waals surface area contributed by atoms with Crippen LogP contribution in [0.4, 0.5) is 5.69 Å². The minimum Gasteiger partial charge on any atom is -0.391 e. The van der Waals surface area contributed by atoms with Crippen LogP contribution in [-0.4, -0.2) is 13.5 Å². The van der Waals surface area contributed by atoms with Crippen molar-refractivity contribution in [1.29, 1.82) is 0 Å². The number of thiophene rings is 1. The number of halogens is 2. The lowest BCUT2D eigenvalue weighted by Crippen LogP contribution is -2.15. The van der Waals surface area contributed by atoms with E-state index >= 15 is 0 Å². The first-order valence-electron chi connectivity index (χ1n) is 5.51. The first kappa shape index (κ1) is 15.8. The summed E-state index contributed by atoms with van der Waals surface area (Å²) in [5.41, 5.74) is 0.883. The minimum absolute atomic E-state index is 0.112. The Bertz CT molecular complexity index is 743. The fraction of sp³-hybridized carbons (Fsp3) is 0.167. The van der Waals surface area contributed by atoms with Crippen molar-refractivity contribution in [2.45, 2.75) is 18.4 Å². The molecule has 108 valence electrons. The standard InChI is InChI=1S/C12H11BrClNO3S2/c1-7-6-19-11(5-16)12(7)20(17,18)15-10-4-8(13)2-3-9(10)14/h2-4,6,15-16H,5H2,1H3. The summed E-state index contributed by atoms with van der Waals surface area (Å²) >= 11 is 10.5. The maximum absolute atomic E-state index is 12.4. The van der Waals surface area contributed by atoms with E-state index in [2.05, 4.69) is 20.7 Å². The fourth-order valence-corrected chi connectivity index (χ4v) is 5.05. The Morgan fingerprint density at radius 3 is 2.80 bits per heavy atom. The molecule has 0 saturated heterocycles. The molecule has 1 heterocycles. The normalized spacial score (nSPS) is 11.6. The van der Waals surface area contributed by atoms with Gasteiger partial charge in [-0.1, -0.05) is 27.5 Å². The van der Waals surface area contributed by atoms with E-state index in [4.69, 9.17) is 11.6 Å². The van der Waals surface area contributed by atoms with Gasteiger partial charge in [0.2, 0.25) is 0 Å². The molecule has 1 aromatic carbocycles. The smallest absolute Gasteiger partial charge is 0.263 e. The van der Waals surface area contributed by atoms with Gasteiger partial charge in [0.05, 0.1) is 22.2 Å². The van der Waals surface area contributed by atoms with Crippen LogP contribution in [0.3, 0.4) is 0 Å². The average molecular weight is 397 g/mol. The largest absolute Gasteiger partial charge is 0.391 e. The Labute approximate surface area is 134 Å². The van der Waals surface area contributed by atoms with Gasteiger partial charge in [-0.2, -0.15) is 0 Å². The lowest BCUT2D eigenvalue weighted by Gasteiger charge is -2.11. The van der Waals surface area contributed by atoms with Crippen molar-refractivity contribution in [3.8, 4) is 0 Å². The molecule has 0 aliphatic carbocycles. The quantitative estimate of drug-likeness (QED) is 0.827. The Morgan fingerprint density at radius 1 is 1.45 bits per heavy atom.